The quantitative estimate of drug-likeness (QED) is 0.0918. The van der Waals surface area contributed by atoms with Crippen LogP contribution < -0.4 is 26.2 Å². The lowest BCUT2D eigenvalue weighted by Gasteiger charge is -2.34. The molecule has 0 aliphatic carbocycles. The van der Waals surface area contributed by atoms with Crippen molar-refractivity contribution in [3.63, 3.8) is 0 Å². The van der Waals surface area contributed by atoms with Crippen molar-refractivity contribution >= 4 is 52.1 Å². The predicted octanol–water partition coefficient (Wildman–Crippen LogP) is 8.52. The molecule has 0 radical (unpaired) electrons. The van der Waals surface area contributed by atoms with Crippen LogP contribution in [0.15, 0.2) is 48.5 Å². The second-order valence-electron chi connectivity index (χ2n) is 18.4. The molecule has 0 spiro atoms. The molecule has 20 heteroatoms. The van der Waals surface area contributed by atoms with Crippen LogP contribution in [0, 0.1) is 23.5 Å². The number of aromatic nitrogens is 2. The van der Waals surface area contributed by atoms with Gasteiger partial charge in [-0.25, -0.2) is 23.4 Å². The number of hydrogen-bond donors (Lipinski definition) is 5. The number of ether oxygens (including phenoxy) is 2. The van der Waals surface area contributed by atoms with Crippen LogP contribution in [0.1, 0.15) is 107 Å². The Morgan fingerprint density at radius 3 is 1.93 bits per heavy atom. The molecular weight excluding hydrogens is 882 g/mol. The van der Waals surface area contributed by atoms with E-state index in [2.05, 4.69) is 26.3 Å². The van der Waals surface area contributed by atoms with Crippen molar-refractivity contribution in [2.75, 3.05) is 42.8 Å². The highest BCUT2D eigenvalue weighted by Gasteiger charge is 2.44. The van der Waals surface area contributed by atoms with Gasteiger partial charge in [-0.2, -0.15) is 13.2 Å². The third-order valence-corrected chi connectivity index (χ3v) is 13.6. The lowest BCUT2D eigenvalue weighted by atomic mass is 10.0. The number of H-pyrrole nitrogens is 1. The lowest BCUT2D eigenvalue weighted by molar-refractivity contribution is -0.140. The van der Waals surface area contributed by atoms with Gasteiger partial charge in [0, 0.05) is 19.2 Å². The number of likely N-dealkylation sites (tertiary alicyclic amines) is 2. The molecular formula is C47H56F5N9O6. The zero-order valence-corrected chi connectivity index (χ0v) is 38.1. The van der Waals surface area contributed by atoms with E-state index in [0.29, 0.717) is 84.9 Å². The van der Waals surface area contributed by atoms with Gasteiger partial charge < -0.3 is 50.4 Å². The number of rotatable bonds is 11. The predicted molar refractivity (Wildman–Crippen MR) is 239 cm³/mol. The van der Waals surface area contributed by atoms with E-state index in [1.54, 1.807) is 20.8 Å². The van der Waals surface area contributed by atoms with Gasteiger partial charge in [0.25, 0.3) is 0 Å². The van der Waals surface area contributed by atoms with Gasteiger partial charge in [-0.15, -0.1) is 0 Å². The maximum atomic E-state index is 16.2. The third kappa shape index (κ3) is 9.22. The number of methoxy groups -OCH3 is 2. The normalized spacial score (nSPS) is 22.5. The maximum Gasteiger partial charge on any atom is 0.419 e. The molecule has 5 N–H and O–H groups in total. The molecule has 360 valence electrons. The van der Waals surface area contributed by atoms with E-state index < -0.39 is 71.9 Å². The largest absolute Gasteiger partial charge is 0.453 e. The summed E-state index contributed by atoms with van der Waals surface area (Å²) in [4.78, 5) is 65.2. The summed E-state index contributed by atoms with van der Waals surface area (Å²) >= 11 is 0. The number of benzene rings is 3. The molecule has 0 saturated carbocycles. The molecule has 7 atom stereocenters. The van der Waals surface area contributed by atoms with Gasteiger partial charge in [-0.05, 0) is 91.8 Å². The molecule has 4 aliphatic rings. The van der Waals surface area contributed by atoms with Crippen LogP contribution in [-0.4, -0.2) is 95.4 Å². The fourth-order valence-electron chi connectivity index (χ4n) is 10.2. The number of carbonyl (C=O) groups excluding carboxylic acids is 4. The highest BCUT2D eigenvalue weighted by atomic mass is 19.4. The number of carbonyl (C=O) groups is 4. The fourth-order valence-corrected chi connectivity index (χ4v) is 10.2. The number of nitrogens with one attached hydrogen (secondary N) is 5. The Morgan fingerprint density at radius 2 is 1.30 bits per heavy atom. The van der Waals surface area contributed by atoms with E-state index in [1.165, 1.54) is 14.2 Å². The SMILES string of the molecule is COC(=O)NC(C(=O)N1CCCC1[C@H]1Nc2ccc([C@H]3CC[C@H](c4ccc5nc([C@@H]6CCCN6C(=O)[C@@H](NC(=O)OC)C(C)C)[nH]c5c4)N3c3cc(F)c(C(F)(F)F)cc3F)cc2N1)C(C)C. The monoisotopic (exact) mass is 937 g/mol. The Bertz CT molecular complexity index is 2540. The van der Waals surface area contributed by atoms with Gasteiger partial charge in [0.15, 0.2) is 0 Å². The Labute approximate surface area is 384 Å². The van der Waals surface area contributed by atoms with Crippen molar-refractivity contribution in [1.82, 2.24) is 30.4 Å². The molecule has 15 nitrogen and oxygen atoms in total. The van der Waals surface area contributed by atoms with Crippen LogP contribution in [-0.2, 0) is 25.2 Å². The molecule has 67 heavy (non-hydrogen) atoms. The van der Waals surface area contributed by atoms with Gasteiger partial charge >= 0.3 is 18.4 Å². The van der Waals surface area contributed by atoms with Crippen LogP contribution in [0.3, 0.4) is 0 Å². The highest BCUT2D eigenvalue weighted by molar-refractivity contribution is 5.88. The molecule has 2 unspecified atom stereocenters. The number of amides is 4. The summed E-state index contributed by atoms with van der Waals surface area (Å²) in [6.07, 6.45) is -3.32. The number of halogens is 5. The molecule has 5 heterocycles. The molecule has 3 fully saturated rings. The van der Waals surface area contributed by atoms with E-state index >= 15 is 8.78 Å². The third-order valence-electron chi connectivity index (χ3n) is 13.6. The number of anilines is 3. The summed E-state index contributed by atoms with van der Waals surface area (Å²) in [7, 11) is 2.47. The van der Waals surface area contributed by atoms with Crippen LogP contribution in [0.4, 0.5) is 48.6 Å². The summed E-state index contributed by atoms with van der Waals surface area (Å²) < 4.78 is 82.7. The molecule has 4 aromatic rings. The van der Waals surface area contributed by atoms with Gasteiger partial charge in [0.2, 0.25) is 11.8 Å². The highest BCUT2D eigenvalue weighted by Crippen LogP contribution is 2.50. The first kappa shape index (κ1) is 47.2. The van der Waals surface area contributed by atoms with Gasteiger partial charge in [-0.3, -0.25) is 9.59 Å². The van der Waals surface area contributed by atoms with Crippen LogP contribution in [0.2, 0.25) is 0 Å². The van der Waals surface area contributed by atoms with Gasteiger partial charge in [-0.1, -0.05) is 39.8 Å². The molecule has 8 rings (SSSR count). The number of imidazole rings is 1. The Balaban J connectivity index is 1.09. The summed E-state index contributed by atoms with van der Waals surface area (Å²) in [5.74, 6) is -3.22. The number of fused-ring (bicyclic) bond motifs is 2. The van der Waals surface area contributed by atoms with E-state index in [4.69, 9.17) is 14.5 Å². The standard InChI is InChI=1S/C47H56F5N9O6/c1-23(2)39(57-45(64)66-5)43(62)59-17-7-9-36(59)41-53-30-13-11-25(19-32(30)55-41)34-15-16-35(61(34)38-22-28(48)27(21-29(38)49)47(50,51)52)26-12-14-31-33(20-26)56-42(54-31)37-10-8-18-60(37)44(63)40(24(3)4)58-46(65)67-6/h11-14,19-24,34-37,39-41,53,55H,7-10,15-18H2,1-6H3,(H,54,56)(H,57,64)(H,58,65)/t34-,35-,36?,37+,39?,40+,41+/m1/s1. The van der Waals surface area contributed by atoms with Crippen LogP contribution in [0.25, 0.3) is 11.0 Å². The van der Waals surface area contributed by atoms with E-state index in [0.717, 1.165) is 12.1 Å². The molecule has 0 bridgehead atoms. The average Bonchev–Trinajstić information content (AvgIpc) is 4.15. The summed E-state index contributed by atoms with van der Waals surface area (Å²) in [6, 6.07) is 8.32. The van der Waals surface area contributed by atoms with Crippen molar-refractivity contribution in [1.29, 1.82) is 0 Å². The number of aromatic amines is 1. The van der Waals surface area contributed by atoms with Gasteiger partial charge in [0.1, 0.15) is 35.7 Å². The molecule has 4 aliphatic heterocycles. The maximum absolute atomic E-state index is 16.2. The Kier molecular flexibility index (Phi) is 13.2. The zero-order valence-electron chi connectivity index (χ0n) is 38.1. The minimum atomic E-state index is -5.12. The number of alkyl carbamates (subject to hydrolysis) is 2. The average molecular weight is 938 g/mol. The van der Waals surface area contributed by atoms with Crippen molar-refractivity contribution in [2.45, 2.75) is 115 Å². The Morgan fingerprint density at radius 1 is 0.716 bits per heavy atom. The summed E-state index contributed by atoms with van der Waals surface area (Å²) in [6.45, 7) is 8.28. The fraction of sp³-hybridized carbons (Fsp3) is 0.511. The van der Waals surface area contributed by atoms with Gasteiger partial charge in [0.05, 0.1) is 72.0 Å². The number of nitrogens with zero attached hydrogens (tertiary/aromatic N) is 4. The van der Waals surface area contributed by atoms with E-state index in [9.17, 15) is 32.3 Å². The molecule has 3 aromatic carbocycles. The zero-order chi connectivity index (χ0) is 48.1. The second-order valence-corrected chi connectivity index (χ2v) is 18.4. The minimum Gasteiger partial charge on any atom is -0.453 e. The van der Waals surface area contributed by atoms with E-state index in [1.807, 2.05) is 58.0 Å². The van der Waals surface area contributed by atoms with Crippen molar-refractivity contribution < 1.29 is 50.6 Å². The Hall–Kier alpha value is -6.34. The first-order chi connectivity index (χ1) is 31.9. The number of alkyl halides is 3. The molecule has 3 saturated heterocycles. The van der Waals surface area contributed by atoms with Crippen LogP contribution in [0.5, 0.6) is 0 Å². The van der Waals surface area contributed by atoms with Crippen molar-refractivity contribution in [3.05, 3.63) is 82.7 Å². The summed E-state index contributed by atoms with van der Waals surface area (Å²) in [5, 5.41) is 12.3. The van der Waals surface area contributed by atoms with E-state index in [-0.39, 0.29) is 41.4 Å². The van der Waals surface area contributed by atoms with Crippen molar-refractivity contribution in [2.24, 2.45) is 11.8 Å². The lowest BCUT2D eigenvalue weighted by Crippen LogP contribution is -2.56. The summed E-state index contributed by atoms with van der Waals surface area (Å²) in [5.41, 5.74) is 2.00. The molecule has 1 aromatic heterocycles. The van der Waals surface area contributed by atoms with Crippen molar-refractivity contribution in [3.8, 4) is 0 Å². The first-order valence-corrected chi connectivity index (χ1v) is 22.7. The second kappa shape index (κ2) is 18.7. The smallest absolute Gasteiger partial charge is 0.419 e. The first-order valence-electron chi connectivity index (χ1n) is 22.7. The topological polar surface area (TPSA) is 173 Å². The minimum absolute atomic E-state index is 0.207. The number of hydrogen-bond acceptors (Lipinski definition) is 10. The molecule has 4 amide bonds. The van der Waals surface area contributed by atoms with Crippen LogP contribution >= 0.6 is 0 Å².